The van der Waals surface area contributed by atoms with E-state index in [1.54, 1.807) is 0 Å². The lowest BCUT2D eigenvalue weighted by molar-refractivity contribution is 0.438. The van der Waals surface area contributed by atoms with Gasteiger partial charge in [0.15, 0.2) is 0 Å². The minimum Gasteiger partial charge on any atom is -0.362 e. The highest BCUT2D eigenvalue weighted by atomic mass is 15.2. The summed E-state index contributed by atoms with van der Waals surface area (Å²) in [7, 11) is 0. The van der Waals surface area contributed by atoms with E-state index in [2.05, 4.69) is 67.8 Å². The Bertz CT molecular complexity index is 546. The van der Waals surface area contributed by atoms with Crippen LogP contribution in [0.1, 0.15) is 27.2 Å². The zero-order valence-corrected chi connectivity index (χ0v) is 11.2. The maximum atomic E-state index is 3.66. The van der Waals surface area contributed by atoms with Crippen LogP contribution in [-0.4, -0.2) is 5.66 Å². The quantitative estimate of drug-likeness (QED) is 0.811. The first-order valence-electron chi connectivity index (χ1n) is 6.65. The van der Waals surface area contributed by atoms with Crippen LogP contribution in [0.15, 0.2) is 36.4 Å². The third kappa shape index (κ3) is 1.82. The molecule has 18 heavy (non-hydrogen) atoms. The van der Waals surface area contributed by atoms with Crippen molar-refractivity contribution in [2.45, 2.75) is 32.9 Å². The molecule has 0 radical (unpaired) electrons. The number of nitrogens with one attached hydrogen (secondary N) is 2. The molecular formula is C16H20N2. The van der Waals surface area contributed by atoms with Gasteiger partial charge < -0.3 is 10.6 Å². The number of hydrogen-bond acceptors (Lipinski definition) is 2. The van der Waals surface area contributed by atoms with Crippen LogP contribution in [0.3, 0.4) is 0 Å². The van der Waals surface area contributed by atoms with Gasteiger partial charge in [0.1, 0.15) is 5.66 Å². The Labute approximate surface area is 108 Å². The summed E-state index contributed by atoms with van der Waals surface area (Å²) in [6.07, 6.45) is 1.09. The average molecular weight is 240 g/mol. The SMILES string of the molecule is CC(C)CC1(C)Nc2cccc3cccc(c23)N1. The molecule has 2 nitrogen and oxygen atoms in total. The first kappa shape index (κ1) is 11.4. The van der Waals surface area contributed by atoms with Crippen LogP contribution in [-0.2, 0) is 0 Å². The summed E-state index contributed by atoms with van der Waals surface area (Å²) in [5.74, 6) is 0.652. The molecule has 0 spiro atoms. The Kier molecular flexibility index (Phi) is 2.47. The zero-order chi connectivity index (χ0) is 12.8. The fourth-order valence-corrected chi connectivity index (χ4v) is 3.09. The van der Waals surface area contributed by atoms with Crippen LogP contribution in [0.2, 0.25) is 0 Å². The van der Waals surface area contributed by atoms with Gasteiger partial charge in [-0.1, -0.05) is 38.1 Å². The molecule has 1 aliphatic heterocycles. The van der Waals surface area contributed by atoms with Gasteiger partial charge in [-0.3, -0.25) is 0 Å². The van der Waals surface area contributed by atoms with E-state index in [1.165, 1.54) is 22.1 Å². The second-order valence-corrected chi connectivity index (χ2v) is 5.89. The second-order valence-electron chi connectivity index (χ2n) is 5.89. The van der Waals surface area contributed by atoms with Crippen molar-refractivity contribution >= 4 is 22.1 Å². The van der Waals surface area contributed by atoms with Gasteiger partial charge in [-0.25, -0.2) is 0 Å². The van der Waals surface area contributed by atoms with Gasteiger partial charge in [0, 0.05) is 16.8 Å². The molecule has 1 aliphatic rings. The molecule has 0 saturated carbocycles. The largest absolute Gasteiger partial charge is 0.362 e. The molecule has 0 aromatic heterocycles. The first-order chi connectivity index (χ1) is 8.57. The topological polar surface area (TPSA) is 24.1 Å². The first-order valence-corrected chi connectivity index (χ1v) is 6.65. The third-order valence-corrected chi connectivity index (χ3v) is 3.54. The number of rotatable bonds is 2. The minimum atomic E-state index is -0.0587. The smallest absolute Gasteiger partial charge is 0.105 e. The van der Waals surface area contributed by atoms with Crippen molar-refractivity contribution in [1.82, 2.24) is 0 Å². The molecule has 0 saturated heterocycles. The predicted octanol–water partition coefficient (Wildman–Crippen LogP) is 4.44. The predicted molar refractivity (Wildman–Crippen MR) is 79.1 cm³/mol. The molecule has 2 N–H and O–H groups in total. The van der Waals surface area contributed by atoms with Gasteiger partial charge in [0.05, 0.1) is 0 Å². The Morgan fingerprint density at radius 1 is 1.00 bits per heavy atom. The molecule has 0 atom stereocenters. The molecule has 2 aromatic carbocycles. The van der Waals surface area contributed by atoms with Crippen LogP contribution in [0.4, 0.5) is 11.4 Å². The molecule has 0 aliphatic carbocycles. The zero-order valence-electron chi connectivity index (χ0n) is 11.2. The van der Waals surface area contributed by atoms with Crippen molar-refractivity contribution in [2.75, 3.05) is 10.6 Å². The molecule has 0 fully saturated rings. The molecule has 0 bridgehead atoms. The molecule has 2 heteroatoms. The fraction of sp³-hybridized carbons (Fsp3) is 0.375. The van der Waals surface area contributed by atoms with Crippen molar-refractivity contribution in [3.63, 3.8) is 0 Å². The van der Waals surface area contributed by atoms with Crippen molar-refractivity contribution in [3.8, 4) is 0 Å². The van der Waals surface area contributed by atoms with Crippen LogP contribution in [0, 0.1) is 5.92 Å². The van der Waals surface area contributed by atoms with Crippen molar-refractivity contribution in [3.05, 3.63) is 36.4 Å². The van der Waals surface area contributed by atoms with E-state index in [0.29, 0.717) is 5.92 Å². The fourth-order valence-electron chi connectivity index (χ4n) is 3.09. The van der Waals surface area contributed by atoms with Gasteiger partial charge in [-0.2, -0.15) is 0 Å². The van der Waals surface area contributed by atoms with Crippen LogP contribution in [0.5, 0.6) is 0 Å². The van der Waals surface area contributed by atoms with Crippen molar-refractivity contribution < 1.29 is 0 Å². The highest BCUT2D eigenvalue weighted by molar-refractivity contribution is 6.05. The summed E-state index contributed by atoms with van der Waals surface area (Å²) in [5.41, 5.74) is 2.42. The summed E-state index contributed by atoms with van der Waals surface area (Å²) in [6.45, 7) is 6.76. The second kappa shape index (κ2) is 3.91. The number of anilines is 2. The third-order valence-electron chi connectivity index (χ3n) is 3.54. The van der Waals surface area contributed by atoms with Gasteiger partial charge in [-0.05, 0) is 36.8 Å². The van der Waals surface area contributed by atoms with E-state index < -0.39 is 0 Å². The maximum absolute atomic E-state index is 3.66. The minimum absolute atomic E-state index is 0.0587. The van der Waals surface area contributed by atoms with E-state index in [-0.39, 0.29) is 5.66 Å². The molecule has 3 rings (SSSR count). The van der Waals surface area contributed by atoms with Gasteiger partial charge in [0.2, 0.25) is 0 Å². The molecule has 1 heterocycles. The molecule has 2 aromatic rings. The van der Waals surface area contributed by atoms with E-state index >= 15 is 0 Å². The lowest BCUT2D eigenvalue weighted by Crippen LogP contribution is -2.46. The Hall–Kier alpha value is -1.70. The number of benzene rings is 2. The Balaban J connectivity index is 2.10. The summed E-state index contributed by atoms with van der Waals surface area (Å²) in [4.78, 5) is 0. The van der Waals surface area contributed by atoms with Crippen molar-refractivity contribution in [2.24, 2.45) is 5.92 Å². The standard InChI is InChI=1S/C16H20N2/c1-11(2)10-16(3)17-13-8-4-6-12-7-5-9-14(18-16)15(12)13/h4-9,11,17-18H,10H2,1-3H3. The van der Waals surface area contributed by atoms with E-state index in [9.17, 15) is 0 Å². The molecular weight excluding hydrogens is 220 g/mol. The summed E-state index contributed by atoms with van der Waals surface area (Å²) in [6, 6.07) is 12.9. The van der Waals surface area contributed by atoms with Gasteiger partial charge in [0.25, 0.3) is 0 Å². The lowest BCUT2D eigenvalue weighted by Gasteiger charge is -2.40. The highest BCUT2D eigenvalue weighted by Gasteiger charge is 2.29. The van der Waals surface area contributed by atoms with Crippen LogP contribution < -0.4 is 10.6 Å². The highest BCUT2D eigenvalue weighted by Crippen LogP contribution is 2.39. The maximum Gasteiger partial charge on any atom is 0.105 e. The lowest BCUT2D eigenvalue weighted by atomic mass is 9.94. The van der Waals surface area contributed by atoms with Gasteiger partial charge in [-0.15, -0.1) is 0 Å². The summed E-state index contributed by atoms with van der Waals surface area (Å²) >= 11 is 0. The Morgan fingerprint density at radius 2 is 1.56 bits per heavy atom. The van der Waals surface area contributed by atoms with Gasteiger partial charge >= 0.3 is 0 Å². The van der Waals surface area contributed by atoms with E-state index in [4.69, 9.17) is 0 Å². The summed E-state index contributed by atoms with van der Waals surface area (Å²) in [5, 5.41) is 9.91. The van der Waals surface area contributed by atoms with Crippen LogP contribution >= 0.6 is 0 Å². The van der Waals surface area contributed by atoms with Crippen LogP contribution in [0.25, 0.3) is 10.8 Å². The molecule has 0 amide bonds. The average Bonchev–Trinajstić information content (AvgIpc) is 2.27. The molecule has 0 unspecified atom stereocenters. The van der Waals surface area contributed by atoms with E-state index in [0.717, 1.165) is 6.42 Å². The van der Waals surface area contributed by atoms with Crippen molar-refractivity contribution in [1.29, 1.82) is 0 Å². The Morgan fingerprint density at radius 3 is 2.06 bits per heavy atom. The monoisotopic (exact) mass is 240 g/mol. The molecule has 94 valence electrons. The normalized spacial score (nSPS) is 16.4. The summed E-state index contributed by atoms with van der Waals surface area (Å²) < 4.78 is 0. The van der Waals surface area contributed by atoms with E-state index in [1.807, 2.05) is 0 Å². The number of hydrogen-bond donors (Lipinski definition) is 2.